The normalized spacial score (nSPS) is 20.0. The SMILES string of the molecule is C/C(=C\CC/C=C(\C)CC/C=C(\C)CC[C@@H]1OC1(C)C)CC/C=C\C=C(F)F. The molecule has 0 aliphatic carbocycles. The number of allylic oxidation sites excluding steroid dienone is 9. The van der Waals surface area contributed by atoms with Gasteiger partial charge >= 0.3 is 0 Å². The summed E-state index contributed by atoms with van der Waals surface area (Å²) in [6, 6.07) is 0. The van der Waals surface area contributed by atoms with Gasteiger partial charge in [-0.15, -0.1) is 0 Å². The molecular formula is C25H38F2O. The van der Waals surface area contributed by atoms with Crippen molar-refractivity contribution in [2.24, 2.45) is 0 Å². The van der Waals surface area contributed by atoms with Gasteiger partial charge in [0.1, 0.15) is 0 Å². The summed E-state index contributed by atoms with van der Waals surface area (Å²) < 4.78 is 29.4. The second-order valence-electron chi connectivity index (χ2n) is 8.44. The number of halogens is 2. The van der Waals surface area contributed by atoms with Crippen LogP contribution in [0.4, 0.5) is 8.78 Å². The maximum Gasteiger partial charge on any atom is 0.270 e. The third kappa shape index (κ3) is 12.1. The molecule has 1 rings (SSSR count). The molecule has 158 valence electrons. The second-order valence-corrected chi connectivity index (χ2v) is 8.44. The highest BCUT2D eigenvalue weighted by atomic mass is 19.3. The van der Waals surface area contributed by atoms with Crippen LogP contribution in [0.15, 0.2) is 59.3 Å². The fourth-order valence-corrected chi connectivity index (χ4v) is 3.16. The van der Waals surface area contributed by atoms with Gasteiger partial charge < -0.3 is 4.74 Å². The van der Waals surface area contributed by atoms with Gasteiger partial charge in [0.2, 0.25) is 0 Å². The standard InChI is InChI=1S/C25H38F2O/c1-20(12-7-6-8-17-24(26)27)13-9-10-14-21(2)15-11-16-22(3)18-19-23-25(4,5)28-23/h6,8,13-14,16-17,23H,7,9-12,15,18-19H2,1-5H3/b8-6-,20-13+,21-14+,22-16+/t23-/m0/s1. The quantitative estimate of drug-likeness (QED) is 0.132. The van der Waals surface area contributed by atoms with Gasteiger partial charge in [-0.05, 0) is 86.0 Å². The Hall–Kier alpha value is -1.48. The molecule has 0 radical (unpaired) electrons. The van der Waals surface area contributed by atoms with Gasteiger partial charge in [-0.1, -0.05) is 47.1 Å². The Morgan fingerprint density at radius 2 is 1.32 bits per heavy atom. The third-order valence-corrected chi connectivity index (χ3v) is 5.21. The lowest BCUT2D eigenvalue weighted by Crippen LogP contribution is -2.02. The highest BCUT2D eigenvalue weighted by molar-refractivity contribution is 5.08. The van der Waals surface area contributed by atoms with E-state index in [2.05, 4.69) is 52.8 Å². The van der Waals surface area contributed by atoms with Crippen molar-refractivity contribution in [3.8, 4) is 0 Å². The van der Waals surface area contributed by atoms with Crippen molar-refractivity contribution in [3.63, 3.8) is 0 Å². The Morgan fingerprint density at radius 1 is 0.821 bits per heavy atom. The van der Waals surface area contributed by atoms with Crippen molar-refractivity contribution >= 4 is 0 Å². The van der Waals surface area contributed by atoms with E-state index >= 15 is 0 Å². The smallest absolute Gasteiger partial charge is 0.270 e. The first-order valence-electron chi connectivity index (χ1n) is 10.5. The number of hydrogen-bond donors (Lipinski definition) is 0. The predicted molar refractivity (Wildman–Crippen MR) is 117 cm³/mol. The molecule has 1 aliphatic rings. The number of ether oxygens (including phenoxy) is 1. The molecule has 1 aliphatic heterocycles. The van der Waals surface area contributed by atoms with E-state index in [1.807, 2.05) is 0 Å². The Balaban J connectivity index is 2.14. The average molecular weight is 393 g/mol. The number of hydrogen-bond acceptors (Lipinski definition) is 1. The monoisotopic (exact) mass is 392 g/mol. The summed E-state index contributed by atoms with van der Waals surface area (Å²) in [6.45, 7) is 10.9. The van der Waals surface area contributed by atoms with Crippen LogP contribution in [0.3, 0.4) is 0 Å². The van der Waals surface area contributed by atoms with Crippen molar-refractivity contribution in [2.75, 3.05) is 0 Å². The molecule has 0 spiro atoms. The number of unbranched alkanes of at least 4 members (excludes halogenated alkanes) is 1. The summed E-state index contributed by atoms with van der Waals surface area (Å²) in [4.78, 5) is 0. The first kappa shape index (κ1) is 24.6. The van der Waals surface area contributed by atoms with Crippen LogP contribution in [0.5, 0.6) is 0 Å². The lowest BCUT2D eigenvalue weighted by molar-refractivity contribution is 0.320. The van der Waals surface area contributed by atoms with Gasteiger partial charge in [0, 0.05) is 6.08 Å². The lowest BCUT2D eigenvalue weighted by Gasteiger charge is -2.02. The highest BCUT2D eigenvalue weighted by Gasteiger charge is 2.46. The Labute approximate surface area is 170 Å². The molecule has 0 saturated carbocycles. The van der Waals surface area contributed by atoms with Crippen LogP contribution in [0.1, 0.15) is 86.0 Å². The van der Waals surface area contributed by atoms with Crippen LogP contribution in [-0.4, -0.2) is 11.7 Å². The van der Waals surface area contributed by atoms with Crippen LogP contribution in [-0.2, 0) is 4.74 Å². The molecule has 1 heterocycles. The molecule has 0 aromatic carbocycles. The van der Waals surface area contributed by atoms with E-state index in [1.54, 1.807) is 6.08 Å². The van der Waals surface area contributed by atoms with Crippen LogP contribution >= 0.6 is 0 Å². The van der Waals surface area contributed by atoms with Gasteiger partial charge in [-0.3, -0.25) is 0 Å². The molecule has 1 fully saturated rings. The summed E-state index contributed by atoms with van der Waals surface area (Å²) in [5.74, 6) is 0. The molecule has 3 heteroatoms. The maximum absolute atomic E-state index is 11.9. The molecule has 0 aromatic heterocycles. The Bertz CT molecular complexity index is 616. The van der Waals surface area contributed by atoms with Crippen molar-refractivity contribution in [1.82, 2.24) is 0 Å². The minimum atomic E-state index is -1.65. The second kappa shape index (κ2) is 12.9. The van der Waals surface area contributed by atoms with E-state index < -0.39 is 6.08 Å². The van der Waals surface area contributed by atoms with E-state index in [0.29, 0.717) is 6.10 Å². The average Bonchev–Trinajstić information content (AvgIpc) is 3.23. The van der Waals surface area contributed by atoms with Gasteiger partial charge in [-0.25, -0.2) is 0 Å². The highest BCUT2D eigenvalue weighted by Crippen LogP contribution is 2.38. The van der Waals surface area contributed by atoms with Crippen molar-refractivity contribution in [3.05, 3.63) is 59.3 Å². The summed E-state index contributed by atoms with van der Waals surface area (Å²) in [5.41, 5.74) is 4.35. The molecule has 1 saturated heterocycles. The maximum atomic E-state index is 11.9. The fraction of sp³-hybridized carbons (Fsp3) is 0.600. The molecular weight excluding hydrogens is 354 g/mol. The van der Waals surface area contributed by atoms with Crippen molar-refractivity contribution < 1.29 is 13.5 Å². The Morgan fingerprint density at radius 3 is 1.86 bits per heavy atom. The van der Waals surface area contributed by atoms with Crippen LogP contribution in [0.2, 0.25) is 0 Å². The van der Waals surface area contributed by atoms with Crippen molar-refractivity contribution in [2.45, 2.75) is 97.7 Å². The van der Waals surface area contributed by atoms with Crippen LogP contribution in [0.25, 0.3) is 0 Å². The van der Waals surface area contributed by atoms with Gasteiger partial charge in [-0.2, -0.15) is 8.78 Å². The zero-order valence-electron chi connectivity index (χ0n) is 18.4. The molecule has 28 heavy (non-hydrogen) atoms. The largest absolute Gasteiger partial charge is 0.367 e. The van der Waals surface area contributed by atoms with E-state index in [0.717, 1.165) is 57.4 Å². The zero-order valence-corrected chi connectivity index (χ0v) is 18.4. The number of epoxide rings is 1. The molecule has 0 bridgehead atoms. The molecule has 1 atom stereocenters. The molecule has 1 nitrogen and oxygen atoms in total. The van der Waals surface area contributed by atoms with Gasteiger partial charge in [0.15, 0.2) is 0 Å². The number of rotatable bonds is 13. The lowest BCUT2D eigenvalue weighted by atomic mass is 10.0. The fourth-order valence-electron chi connectivity index (χ4n) is 3.16. The summed E-state index contributed by atoms with van der Waals surface area (Å²) in [6.07, 6.45) is 18.1. The molecule has 0 N–H and O–H groups in total. The molecule has 0 aromatic rings. The zero-order chi connectivity index (χ0) is 21.0. The Kier molecular flexibility index (Phi) is 11.3. The summed E-state index contributed by atoms with van der Waals surface area (Å²) in [7, 11) is 0. The first-order chi connectivity index (χ1) is 13.2. The van der Waals surface area contributed by atoms with E-state index in [-0.39, 0.29) is 5.60 Å². The van der Waals surface area contributed by atoms with E-state index in [1.165, 1.54) is 22.8 Å². The molecule has 0 amide bonds. The van der Waals surface area contributed by atoms with Crippen LogP contribution in [0, 0.1) is 0 Å². The van der Waals surface area contributed by atoms with Crippen molar-refractivity contribution in [1.29, 1.82) is 0 Å². The first-order valence-corrected chi connectivity index (χ1v) is 10.5. The van der Waals surface area contributed by atoms with Crippen LogP contribution < -0.4 is 0 Å². The minimum Gasteiger partial charge on any atom is -0.367 e. The summed E-state index contributed by atoms with van der Waals surface area (Å²) >= 11 is 0. The van der Waals surface area contributed by atoms with Gasteiger partial charge in [0.05, 0.1) is 11.7 Å². The third-order valence-electron chi connectivity index (χ3n) is 5.21. The molecule has 0 unspecified atom stereocenters. The minimum absolute atomic E-state index is 0.106. The summed E-state index contributed by atoms with van der Waals surface area (Å²) in [5, 5.41) is 0. The predicted octanol–water partition coefficient (Wildman–Crippen LogP) is 8.46. The topological polar surface area (TPSA) is 12.5 Å². The van der Waals surface area contributed by atoms with E-state index in [9.17, 15) is 8.78 Å². The van der Waals surface area contributed by atoms with E-state index in [4.69, 9.17) is 4.74 Å². The van der Waals surface area contributed by atoms with Gasteiger partial charge in [0.25, 0.3) is 6.08 Å².